The number of hydrogen-bond acceptors (Lipinski definition) is 2. The summed E-state index contributed by atoms with van der Waals surface area (Å²) >= 11 is 3.84. The van der Waals surface area contributed by atoms with E-state index in [1.54, 1.807) is 0 Å². The third kappa shape index (κ3) is 2.87. The lowest BCUT2D eigenvalue weighted by molar-refractivity contribution is 0.745. The van der Waals surface area contributed by atoms with E-state index in [2.05, 4.69) is 122 Å². The van der Waals surface area contributed by atoms with Crippen LogP contribution in [0.15, 0.2) is 102 Å². The number of hydrogen-bond donors (Lipinski definition) is 1. The van der Waals surface area contributed by atoms with Gasteiger partial charge in [-0.15, -0.1) is 0 Å². The van der Waals surface area contributed by atoms with Gasteiger partial charge in [-0.1, -0.05) is 91.0 Å². The number of fused-ring (bicyclic) bond motifs is 1. The highest BCUT2D eigenvalue weighted by atomic mass is 79.9. The Morgan fingerprint density at radius 1 is 0.733 bits per heavy atom. The summed E-state index contributed by atoms with van der Waals surface area (Å²) in [7, 11) is 0. The van der Waals surface area contributed by atoms with Crippen molar-refractivity contribution in [1.82, 2.24) is 15.0 Å². The number of aryl methyl sites for hydroxylation is 1. The fraction of sp³-hybridized carbons (Fsp3) is 0.0769. The van der Waals surface area contributed by atoms with Crippen molar-refractivity contribution in [3.05, 3.63) is 130 Å². The molecule has 0 spiro atoms. The van der Waals surface area contributed by atoms with Crippen LogP contribution in [-0.2, 0) is 5.41 Å². The summed E-state index contributed by atoms with van der Waals surface area (Å²) in [5.74, 6) is 0.847. The van der Waals surface area contributed by atoms with E-state index in [-0.39, 0.29) is 0 Å². The first-order chi connectivity index (χ1) is 14.7. The minimum atomic E-state index is -0.553. The van der Waals surface area contributed by atoms with Gasteiger partial charge in [0.15, 0.2) is 5.65 Å². The molecular formula is C26H20BrN3. The number of nitrogens with one attached hydrogen (secondary N) is 1. The zero-order valence-corrected chi connectivity index (χ0v) is 18.1. The lowest BCUT2D eigenvalue weighted by Gasteiger charge is -2.37. The molecule has 0 amide bonds. The van der Waals surface area contributed by atoms with E-state index < -0.39 is 5.41 Å². The highest BCUT2D eigenvalue weighted by Crippen LogP contribution is 2.49. The largest absolute Gasteiger partial charge is 0.341 e. The number of imidazole rings is 1. The van der Waals surface area contributed by atoms with Gasteiger partial charge in [-0.2, -0.15) is 0 Å². The predicted octanol–water partition coefficient (Wildman–Crippen LogP) is 6.41. The molecule has 2 heterocycles. The topological polar surface area (TPSA) is 41.6 Å². The summed E-state index contributed by atoms with van der Waals surface area (Å²) in [4.78, 5) is 12.7. The molecule has 2 aromatic heterocycles. The van der Waals surface area contributed by atoms with E-state index in [4.69, 9.17) is 0 Å². The minimum Gasteiger partial charge on any atom is -0.341 e. The van der Waals surface area contributed by atoms with Gasteiger partial charge in [0.1, 0.15) is 5.82 Å². The van der Waals surface area contributed by atoms with Crippen molar-refractivity contribution in [2.24, 2.45) is 0 Å². The fourth-order valence-corrected chi connectivity index (χ4v) is 5.01. The molecule has 0 aliphatic rings. The summed E-state index contributed by atoms with van der Waals surface area (Å²) < 4.78 is 0.940. The Morgan fingerprint density at radius 3 is 1.67 bits per heavy atom. The molecular weight excluding hydrogens is 434 g/mol. The van der Waals surface area contributed by atoms with Crippen LogP contribution in [0.3, 0.4) is 0 Å². The predicted molar refractivity (Wildman–Crippen MR) is 125 cm³/mol. The summed E-state index contributed by atoms with van der Waals surface area (Å²) in [5.41, 5.74) is 5.77. The third-order valence-corrected chi connectivity index (χ3v) is 6.19. The lowest BCUT2D eigenvalue weighted by atomic mass is 9.65. The van der Waals surface area contributed by atoms with Crippen molar-refractivity contribution < 1.29 is 0 Å². The number of halogens is 1. The molecule has 0 bridgehead atoms. The van der Waals surface area contributed by atoms with Crippen molar-refractivity contribution in [2.75, 3.05) is 0 Å². The maximum atomic E-state index is 4.62. The summed E-state index contributed by atoms with van der Waals surface area (Å²) in [6, 6.07) is 31.9. The standard InChI is InChI=1S/C26H20BrN3/c1-18-29-24-23(22(27)17-28-25(24)30-18)26(19-11-5-2-6-12-19,20-13-7-3-8-14-20)21-15-9-4-10-16-21/h2-17H,1H3,(H,28,29,30). The van der Waals surface area contributed by atoms with Gasteiger partial charge in [-0.3, -0.25) is 0 Å². The number of aromatic nitrogens is 3. The molecule has 0 fully saturated rings. The Bertz CT molecular complexity index is 1200. The summed E-state index contributed by atoms with van der Waals surface area (Å²) in [6.45, 7) is 1.97. The fourth-order valence-electron chi connectivity index (χ4n) is 4.41. The van der Waals surface area contributed by atoms with E-state index in [0.717, 1.165) is 27.0 Å². The molecule has 146 valence electrons. The summed E-state index contributed by atoms with van der Waals surface area (Å²) in [5, 5.41) is 0. The molecule has 30 heavy (non-hydrogen) atoms. The molecule has 3 aromatic carbocycles. The van der Waals surface area contributed by atoms with Crippen LogP contribution in [0.25, 0.3) is 11.2 Å². The molecule has 0 aliphatic carbocycles. The molecule has 0 radical (unpaired) electrons. The van der Waals surface area contributed by atoms with Crippen molar-refractivity contribution in [3.8, 4) is 0 Å². The number of rotatable bonds is 4. The van der Waals surface area contributed by atoms with E-state index >= 15 is 0 Å². The van der Waals surface area contributed by atoms with Gasteiger partial charge in [-0.05, 0) is 39.5 Å². The zero-order chi connectivity index (χ0) is 20.6. The zero-order valence-electron chi connectivity index (χ0n) is 16.5. The van der Waals surface area contributed by atoms with E-state index in [0.29, 0.717) is 0 Å². The molecule has 5 rings (SSSR count). The Hall–Kier alpha value is -3.24. The first kappa shape index (κ1) is 18.8. The maximum Gasteiger partial charge on any atom is 0.178 e. The van der Waals surface area contributed by atoms with E-state index in [9.17, 15) is 0 Å². The van der Waals surface area contributed by atoms with Gasteiger partial charge in [0, 0.05) is 16.2 Å². The average molecular weight is 454 g/mol. The van der Waals surface area contributed by atoms with Gasteiger partial charge < -0.3 is 4.98 Å². The maximum absolute atomic E-state index is 4.62. The monoisotopic (exact) mass is 453 g/mol. The van der Waals surface area contributed by atoms with Gasteiger partial charge in [0.05, 0.1) is 10.9 Å². The van der Waals surface area contributed by atoms with Crippen LogP contribution >= 0.6 is 15.9 Å². The normalized spacial score (nSPS) is 11.7. The first-order valence-corrected chi connectivity index (χ1v) is 10.7. The Morgan fingerprint density at radius 2 is 1.20 bits per heavy atom. The van der Waals surface area contributed by atoms with Crippen molar-refractivity contribution in [2.45, 2.75) is 12.3 Å². The second kappa shape index (κ2) is 7.54. The highest BCUT2D eigenvalue weighted by Gasteiger charge is 2.41. The van der Waals surface area contributed by atoms with Gasteiger partial charge in [0.25, 0.3) is 0 Å². The van der Waals surface area contributed by atoms with Crippen molar-refractivity contribution >= 4 is 27.1 Å². The summed E-state index contributed by atoms with van der Waals surface area (Å²) in [6.07, 6.45) is 1.86. The highest BCUT2D eigenvalue weighted by molar-refractivity contribution is 9.10. The first-order valence-electron chi connectivity index (χ1n) is 9.89. The second-order valence-corrected chi connectivity index (χ2v) is 8.20. The molecule has 0 aliphatic heterocycles. The van der Waals surface area contributed by atoms with Crippen LogP contribution in [0, 0.1) is 6.92 Å². The lowest BCUT2D eigenvalue weighted by Crippen LogP contribution is -2.32. The molecule has 0 saturated heterocycles. The smallest absolute Gasteiger partial charge is 0.178 e. The molecule has 0 saturated carbocycles. The third-order valence-electron chi connectivity index (χ3n) is 5.59. The van der Waals surface area contributed by atoms with Crippen LogP contribution in [0.4, 0.5) is 0 Å². The number of pyridine rings is 1. The van der Waals surface area contributed by atoms with Crippen molar-refractivity contribution in [1.29, 1.82) is 0 Å². The van der Waals surface area contributed by atoms with Crippen LogP contribution in [0.1, 0.15) is 28.1 Å². The molecule has 5 aromatic rings. The van der Waals surface area contributed by atoms with Crippen LogP contribution in [0.2, 0.25) is 0 Å². The van der Waals surface area contributed by atoms with Crippen LogP contribution < -0.4 is 0 Å². The number of aromatic amines is 1. The number of H-pyrrole nitrogens is 1. The SMILES string of the molecule is Cc1nc2ncc(Br)c(C(c3ccccc3)(c3ccccc3)c3ccccc3)c2[nH]1. The molecule has 0 atom stereocenters. The van der Waals surface area contributed by atoms with E-state index in [1.807, 2.05) is 13.1 Å². The Balaban J connectivity index is 2.02. The molecule has 3 nitrogen and oxygen atoms in total. The molecule has 0 unspecified atom stereocenters. The van der Waals surface area contributed by atoms with Gasteiger partial charge in [-0.25, -0.2) is 9.97 Å². The van der Waals surface area contributed by atoms with Gasteiger partial charge in [0.2, 0.25) is 0 Å². The van der Waals surface area contributed by atoms with Crippen LogP contribution in [0.5, 0.6) is 0 Å². The quantitative estimate of drug-likeness (QED) is 0.319. The number of benzene rings is 3. The van der Waals surface area contributed by atoms with E-state index in [1.165, 1.54) is 16.7 Å². The Kier molecular flexibility index (Phi) is 4.72. The average Bonchev–Trinajstić information content (AvgIpc) is 3.18. The minimum absolute atomic E-state index is 0.553. The second-order valence-electron chi connectivity index (χ2n) is 7.35. The number of nitrogens with zero attached hydrogens (tertiary/aromatic N) is 2. The Labute approximate surface area is 184 Å². The van der Waals surface area contributed by atoms with Gasteiger partial charge >= 0.3 is 0 Å². The van der Waals surface area contributed by atoms with Crippen molar-refractivity contribution in [3.63, 3.8) is 0 Å². The molecule has 1 N–H and O–H groups in total. The van der Waals surface area contributed by atoms with Crippen LogP contribution in [-0.4, -0.2) is 15.0 Å². The molecule has 4 heteroatoms.